The number of amides is 2. The molecule has 128 valence electrons. The van der Waals surface area contributed by atoms with E-state index in [9.17, 15) is 9.59 Å². The molecule has 0 saturated carbocycles. The van der Waals surface area contributed by atoms with E-state index in [0.717, 1.165) is 25.9 Å². The van der Waals surface area contributed by atoms with Gasteiger partial charge < -0.3 is 4.90 Å². The molecule has 2 amide bonds. The molecule has 1 aromatic rings. The summed E-state index contributed by atoms with van der Waals surface area (Å²) in [6, 6.07) is 5.02. The lowest BCUT2D eigenvalue weighted by Crippen LogP contribution is -2.39. The predicted octanol–water partition coefficient (Wildman–Crippen LogP) is 3.83. The Balaban J connectivity index is 2.14. The van der Waals surface area contributed by atoms with Crippen molar-refractivity contribution in [1.29, 1.82) is 0 Å². The third kappa shape index (κ3) is 2.93. The van der Waals surface area contributed by atoms with Gasteiger partial charge in [0.05, 0.1) is 10.6 Å². The van der Waals surface area contributed by atoms with E-state index in [1.807, 2.05) is 4.90 Å². The Labute approximate surface area is 152 Å². The van der Waals surface area contributed by atoms with Crippen molar-refractivity contribution in [3.05, 3.63) is 39.5 Å². The number of piperidine rings is 1. The van der Waals surface area contributed by atoms with Crippen molar-refractivity contribution < 1.29 is 9.59 Å². The zero-order valence-corrected chi connectivity index (χ0v) is 15.3. The Morgan fingerprint density at radius 3 is 2.58 bits per heavy atom. The molecule has 1 aromatic carbocycles. The fraction of sp³-hybridized carbons (Fsp3) is 0.444. The van der Waals surface area contributed by atoms with Crippen molar-refractivity contribution in [2.75, 3.05) is 19.6 Å². The minimum Gasteiger partial charge on any atom is -0.366 e. The second-order valence-electron chi connectivity index (χ2n) is 6.40. The van der Waals surface area contributed by atoms with Crippen LogP contribution >= 0.6 is 23.2 Å². The molecular weight excluding hydrogens is 347 g/mol. The standard InChI is InChI=1S/C18H20Cl2N2O2/c1-3-22-17(23)15(13-7-6-12(19)9-14(13)20)16(18(22)24)21-8-4-5-11(2)10-21/h6-7,9,11H,3-5,8,10H2,1-2H3. The van der Waals surface area contributed by atoms with Crippen LogP contribution in [-0.2, 0) is 9.59 Å². The molecule has 24 heavy (non-hydrogen) atoms. The van der Waals surface area contributed by atoms with Gasteiger partial charge in [0.2, 0.25) is 0 Å². The fourth-order valence-corrected chi connectivity index (χ4v) is 3.97. The number of hydrogen-bond donors (Lipinski definition) is 0. The highest BCUT2D eigenvalue weighted by atomic mass is 35.5. The summed E-state index contributed by atoms with van der Waals surface area (Å²) < 4.78 is 0. The van der Waals surface area contributed by atoms with E-state index in [1.165, 1.54) is 4.90 Å². The maximum atomic E-state index is 12.9. The highest BCUT2D eigenvalue weighted by Gasteiger charge is 2.42. The average molecular weight is 367 g/mol. The van der Waals surface area contributed by atoms with Crippen LogP contribution in [0.4, 0.5) is 0 Å². The first-order valence-electron chi connectivity index (χ1n) is 8.24. The van der Waals surface area contributed by atoms with Gasteiger partial charge in [0.1, 0.15) is 5.70 Å². The fourth-order valence-electron chi connectivity index (χ4n) is 3.47. The Bertz CT molecular complexity index is 730. The lowest BCUT2D eigenvalue weighted by molar-refractivity contribution is -0.137. The van der Waals surface area contributed by atoms with Crippen molar-refractivity contribution in [2.24, 2.45) is 5.92 Å². The molecular formula is C18H20Cl2N2O2. The summed E-state index contributed by atoms with van der Waals surface area (Å²) in [6.07, 6.45) is 2.15. The number of hydrogen-bond acceptors (Lipinski definition) is 3. The van der Waals surface area contributed by atoms with E-state index in [4.69, 9.17) is 23.2 Å². The summed E-state index contributed by atoms with van der Waals surface area (Å²) in [5.41, 5.74) is 1.46. The first-order chi connectivity index (χ1) is 11.4. The predicted molar refractivity (Wildman–Crippen MR) is 95.7 cm³/mol. The molecule has 1 atom stereocenters. The molecule has 2 aliphatic heterocycles. The molecule has 0 aliphatic carbocycles. The Morgan fingerprint density at radius 2 is 1.96 bits per heavy atom. The van der Waals surface area contributed by atoms with E-state index in [0.29, 0.717) is 39.3 Å². The van der Waals surface area contributed by atoms with E-state index in [2.05, 4.69) is 6.92 Å². The lowest BCUT2D eigenvalue weighted by Gasteiger charge is -2.33. The van der Waals surface area contributed by atoms with Gasteiger partial charge in [-0.15, -0.1) is 0 Å². The maximum Gasteiger partial charge on any atom is 0.277 e. The average Bonchev–Trinajstić information content (AvgIpc) is 2.78. The largest absolute Gasteiger partial charge is 0.366 e. The van der Waals surface area contributed by atoms with Gasteiger partial charge in [-0.05, 0) is 37.8 Å². The molecule has 0 radical (unpaired) electrons. The van der Waals surface area contributed by atoms with E-state index in [-0.39, 0.29) is 11.8 Å². The van der Waals surface area contributed by atoms with Crippen molar-refractivity contribution in [3.8, 4) is 0 Å². The smallest absolute Gasteiger partial charge is 0.277 e. The van der Waals surface area contributed by atoms with Crippen LogP contribution in [0.15, 0.2) is 23.9 Å². The minimum atomic E-state index is -0.278. The zero-order valence-electron chi connectivity index (χ0n) is 13.8. The third-order valence-corrected chi connectivity index (χ3v) is 5.18. The van der Waals surface area contributed by atoms with Crippen LogP contribution in [0.2, 0.25) is 10.0 Å². The molecule has 4 nitrogen and oxygen atoms in total. The number of halogens is 2. The van der Waals surface area contributed by atoms with Gasteiger partial charge in [-0.3, -0.25) is 14.5 Å². The molecule has 1 saturated heterocycles. The van der Waals surface area contributed by atoms with Crippen molar-refractivity contribution in [2.45, 2.75) is 26.7 Å². The topological polar surface area (TPSA) is 40.6 Å². The highest BCUT2D eigenvalue weighted by Crippen LogP contribution is 2.37. The molecule has 1 fully saturated rings. The van der Waals surface area contributed by atoms with Gasteiger partial charge in [0, 0.05) is 30.2 Å². The van der Waals surface area contributed by atoms with Gasteiger partial charge in [-0.25, -0.2) is 0 Å². The van der Waals surface area contributed by atoms with Gasteiger partial charge in [0.25, 0.3) is 11.8 Å². The minimum absolute atomic E-state index is 0.224. The number of benzene rings is 1. The SMILES string of the molecule is CCN1C(=O)C(c2ccc(Cl)cc2Cl)=C(N2CCCC(C)C2)C1=O. The summed E-state index contributed by atoms with van der Waals surface area (Å²) >= 11 is 12.3. The Morgan fingerprint density at radius 1 is 1.21 bits per heavy atom. The molecule has 2 heterocycles. The zero-order chi connectivity index (χ0) is 17.4. The monoisotopic (exact) mass is 366 g/mol. The van der Waals surface area contributed by atoms with Gasteiger partial charge in [-0.2, -0.15) is 0 Å². The van der Waals surface area contributed by atoms with E-state index >= 15 is 0 Å². The summed E-state index contributed by atoms with van der Waals surface area (Å²) in [6.45, 7) is 5.88. The van der Waals surface area contributed by atoms with E-state index < -0.39 is 0 Å². The highest BCUT2D eigenvalue weighted by molar-refractivity contribution is 6.41. The normalized spacial score (nSPS) is 21.9. The van der Waals surface area contributed by atoms with Crippen molar-refractivity contribution in [1.82, 2.24) is 9.80 Å². The number of rotatable bonds is 3. The molecule has 0 spiro atoms. The van der Waals surface area contributed by atoms with Crippen LogP contribution in [0.3, 0.4) is 0 Å². The van der Waals surface area contributed by atoms with Crippen LogP contribution in [0, 0.1) is 5.92 Å². The third-order valence-electron chi connectivity index (χ3n) is 4.63. The summed E-state index contributed by atoms with van der Waals surface area (Å²) in [5, 5.41) is 0.890. The molecule has 6 heteroatoms. The van der Waals surface area contributed by atoms with Crippen LogP contribution < -0.4 is 0 Å². The molecule has 2 aliphatic rings. The molecule has 3 rings (SSSR count). The summed E-state index contributed by atoms with van der Waals surface area (Å²) in [4.78, 5) is 29.0. The summed E-state index contributed by atoms with van der Waals surface area (Å²) in [5.74, 6) is -0.00988. The number of carbonyl (C=O) groups is 2. The second-order valence-corrected chi connectivity index (χ2v) is 7.24. The molecule has 0 bridgehead atoms. The first kappa shape index (κ1) is 17.3. The molecule has 0 N–H and O–H groups in total. The molecule has 0 aromatic heterocycles. The Kier molecular flexibility index (Phi) is 4.88. The summed E-state index contributed by atoms with van der Waals surface area (Å²) in [7, 11) is 0. The second kappa shape index (κ2) is 6.77. The van der Waals surface area contributed by atoms with Crippen molar-refractivity contribution >= 4 is 40.6 Å². The number of likely N-dealkylation sites (tertiary alicyclic amines) is 1. The lowest BCUT2D eigenvalue weighted by atomic mass is 9.97. The number of imide groups is 1. The number of carbonyl (C=O) groups excluding carboxylic acids is 2. The number of likely N-dealkylation sites (N-methyl/N-ethyl adjacent to an activating group) is 1. The van der Waals surface area contributed by atoms with Crippen LogP contribution in [0.5, 0.6) is 0 Å². The van der Waals surface area contributed by atoms with Gasteiger partial charge in [-0.1, -0.05) is 36.2 Å². The van der Waals surface area contributed by atoms with Gasteiger partial charge in [0.15, 0.2) is 0 Å². The first-order valence-corrected chi connectivity index (χ1v) is 9.00. The molecule has 1 unspecified atom stereocenters. The van der Waals surface area contributed by atoms with Gasteiger partial charge >= 0.3 is 0 Å². The number of nitrogens with zero attached hydrogens (tertiary/aromatic N) is 2. The van der Waals surface area contributed by atoms with Crippen LogP contribution in [-0.4, -0.2) is 41.2 Å². The van der Waals surface area contributed by atoms with E-state index in [1.54, 1.807) is 25.1 Å². The Hall–Kier alpha value is -1.52. The van der Waals surface area contributed by atoms with Crippen LogP contribution in [0.1, 0.15) is 32.3 Å². The maximum absolute atomic E-state index is 12.9. The van der Waals surface area contributed by atoms with Crippen LogP contribution in [0.25, 0.3) is 5.57 Å². The quantitative estimate of drug-likeness (QED) is 0.763. The van der Waals surface area contributed by atoms with Crippen molar-refractivity contribution in [3.63, 3.8) is 0 Å².